The fourth-order valence-corrected chi connectivity index (χ4v) is 2.30. The molecule has 2 rings (SSSR count). The molecule has 1 aromatic heterocycles. The number of benzene rings is 1. The first-order chi connectivity index (χ1) is 9.52. The van der Waals surface area contributed by atoms with Crippen LogP contribution in [0.5, 0.6) is 0 Å². The smallest absolute Gasteiger partial charge is 0.131 e. The molecule has 1 N–H and O–H groups in total. The normalized spacial score (nSPS) is 12.7. The maximum absolute atomic E-state index is 14.0. The maximum Gasteiger partial charge on any atom is 0.131 e. The summed E-state index contributed by atoms with van der Waals surface area (Å²) in [5.41, 5.74) is 2.16. The molecule has 0 aliphatic rings. The van der Waals surface area contributed by atoms with Gasteiger partial charge in [-0.1, -0.05) is 13.0 Å². The zero-order valence-electron chi connectivity index (χ0n) is 12.0. The summed E-state index contributed by atoms with van der Waals surface area (Å²) in [7, 11) is 1.82. The summed E-state index contributed by atoms with van der Waals surface area (Å²) in [5.74, 6) is -1.11. The van der Waals surface area contributed by atoms with Crippen molar-refractivity contribution in [1.82, 2.24) is 15.1 Å². The number of aryl methyl sites for hydroxylation is 2. The fraction of sp³-hybridized carbons (Fsp3) is 0.400. The summed E-state index contributed by atoms with van der Waals surface area (Å²) in [6, 6.07) is 5.26. The number of halogens is 2. The SMILES string of the molecule is CCCNC(c1ccc(F)cc1F)c1cc(C)nn1C. The molecule has 0 radical (unpaired) electrons. The molecule has 1 atom stereocenters. The third-order valence-corrected chi connectivity index (χ3v) is 3.21. The zero-order chi connectivity index (χ0) is 14.7. The molecule has 0 saturated carbocycles. The van der Waals surface area contributed by atoms with E-state index in [0.717, 1.165) is 30.4 Å². The Morgan fingerprint density at radius 3 is 2.60 bits per heavy atom. The molecule has 20 heavy (non-hydrogen) atoms. The maximum atomic E-state index is 14.0. The highest BCUT2D eigenvalue weighted by Crippen LogP contribution is 2.25. The minimum Gasteiger partial charge on any atom is -0.305 e. The molecule has 0 bridgehead atoms. The van der Waals surface area contributed by atoms with E-state index in [4.69, 9.17) is 0 Å². The van der Waals surface area contributed by atoms with Crippen LogP contribution in [0.25, 0.3) is 0 Å². The van der Waals surface area contributed by atoms with E-state index in [1.54, 1.807) is 4.68 Å². The van der Waals surface area contributed by atoms with Crippen molar-refractivity contribution in [2.24, 2.45) is 7.05 Å². The van der Waals surface area contributed by atoms with E-state index in [-0.39, 0.29) is 6.04 Å². The van der Waals surface area contributed by atoms with Gasteiger partial charge in [-0.3, -0.25) is 4.68 Å². The van der Waals surface area contributed by atoms with Crippen LogP contribution in [0.4, 0.5) is 8.78 Å². The molecule has 1 heterocycles. The molecule has 0 amide bonds. The molecule has 2 aromatic rings. The van der Waals surface area contributed by atoms with Crippen molar-refractivity contribution in [1.29, 1.82) is 0 Å². The van der Waals surface area contributed by atoms with Crippen LogP contribution in [-0.4, -0.2) is 16.3 Å². The summed E-state index contributed by atoms with van der Waals surface area (Å²) >= 11 is 0. The predicted octanol–water partition coefficient (Wildman–Crippen LogP) is 3.10. The van der Waals surface area contributed by atoms with Crippen molar-refractivity contribution in [3.63, 3.8) is 0 Å². The lowest BCUT2D eigenvalue weighted by molar-refractivity contribution is 0.512. The van der Waals surface area contributed by atoms with Crippen LogP contribution in [0.2, 0.25) is 0 Å². The number of nitrogens with zero attached hydrogens (tertiary/aromatic N) is 2. The monoisotopic (exact) mass is 279 g/mol. The first-order valence-electron chi connectivity index (χ1n) is 6.71. The Hall–Kier alpha value is -1.75. The third-order valence-electron chi connectivity index (χ3n) is 3.21. The molecular weight excluding hydrogens is 260 g/mol. The topological polar surface area (TPSA) is 29.9 Å². The van der Waals surface area contributed by atoms with Crippen LogP contribution in [0.15, 0.2) is 24.3 Å². The molecule has 108 valence electrons. The van der Waals surface area contributed by atoms with Crippen LogP contribution in [0.3, 0.4) is 0 Å². The Labute approximate surface area is 117 Å². The second kappa shape index (κ2) is 6.13. The molecule has 0 saturated heterocycles. The molecule has 1 unspecified atom stereocenters. The van der Waals surface area contributed by atoms with Gasteiger partial charge in [0.1, 0.15) is 11.6 Å². The van der Waals surface area contributed by atoms with Crippen LogP contribution in [-0.2, 0) is 7.05 Å². The lowest BCUT2D eigenvalue weighted by Crippen LogP contribution is -2.26. The van der Waals surface area contributed by atoms with E-state index < -0.39 is 11.6 Å². The van der Waals surface area contributed by atoms with Crippen LogP contribution < -0.4 is 5.32 Å². The molecule has 5 heteroatoms. The molecular formula is C15H19F2N3. The van der Waals surface area contributed by atoms with Crippen molar-refractivity contribution in [2.75, 3.05) is 6.54 Å². The number of hydrogen-bond acceptors (Lipinski definition) is 2. The highest BCUT2D eigenvalue weighted by molar-refractivity contribution is 5.30. The second-order valence-electron chi connectivity index (χ2n) is 4.89. The summed E-state index contributed by atoms with van der Waals surface area (Å²) < 4.78 is 28.8. The standard InChI is InChI=1S/C15H19F2N3/c1-4-7-18-15(14-8-10(2)19-20(14)3)12-6-5-11(16)9-13(12)17/h5-6,8-9,15,18H,4,7H2,1-3H3. The number of rotatable bonds is 5. The molecule has 3 nitrogen and oxygen atoms in total. The molecule has 0 fully saturated rings. The Morgan fingerprint density at radius 2 is 2.05 bits per heavy atom. The lowest BCUT2D eigenvalue weighted by atomic mass is 10.0. The molecule has 0 spiro atoms. The predicted molar refractivity (Wildman–Crippen MR) is 74.4 cm³/mol. The van der Waals surface area contributed by atoms with Gasteiger partial charge >= 0.3 is 0 Å². The van der Waals surface area contributed by atoms with E-state index in [1.807, 2.05) is 27.0 Å². The van der Waals surface area contributed by atoms with E-state index in [2.05, 4.69) is 10.4 Å². The van der Waals surface area contributed by atoms with E-state index >= 15 is 0 Å². The molecule has 1 aromatic carbocycles. The summed E-state index contributed by atoms with van der Waals surface area (Å²) in [6.45, 7) is 4.67. The second-order valence-corrected chi connectivity index (χ2v) is 4.89. The highest BCUT2D eigenvalue weighted by atomic mass is 19.1. The lowest BCUT2D eigenvalue weighted by Gasteiger charge is -2.20. The number of aromatic nitrogens is 2. The average Bonchev–Trinajstić information content (AvgIpc) is 2.71. The Kier molecular flexibility index (Phi) is 4.49. The van der Waals surface area contributed by atoms with Crippen LogP contribution in [0.1, 0.15) is 36.3 Å². The third kappa shape index (κ3) is 3.04. The van der Waals surface area contributed by atoms with Gasteiger partial charge in [0.25, 0.3) is 0 Å². The largest absolute Gasteiger partial charge is 0.305 e. The van der Waals surface area contributed by atoms with Gasteiger partial charge in [-0.15, -0.1) is 0 Å². The summed E-state index contributed by atoms with van der Waals surface area (Å²) in [6.07, 6.45) is 0.927. The summed E-state index contributed by atoms with van der Waals surface area (Å²) in [4.78, 5) is 0. The first kappa shape index (κ1) is 14.7. The van der Waals surface area contributed by atoms with E-state index in [9.17, 15) is 8.78 Å². The molecule has 0 aliphatic carbocycles. The van der Waals surface area contributed by atoms with Crippen LogP contribution >= 0.6 is 0 Å². The van der Waals surface area contributed by atoms with Gasteiger partial charge in [0.05, 0.1) is 17.4 Å². The summed E-state index contributed by atoms with van der Waals surface area (Å²) in [5, 5.41) is 7.59. The minimum atomic E-state index is -0.568. The van der Waals surface area contributed by atoms with Gasteiger partial charge in [-0.2, -0.15) is 5.10 Å². The number of nitrogens with one attached hydrogen (secondary N) is 1. The van der Waals surface area contributed by atoms with Gasteiger partial charge in [-0.05, 0) is 32.0 Å². The zero-order valence-corrected chi connectivity index (χ0v) is 12.0. The van der Waals surface area contributed by atoms with Crippen molar-refractivity contribution in [3.05, 3.63) is 52.9 Å². The van der Waals surface area contributed by atoms with E-state index in [1.165, 1.54) is 12.1 Å². The van der Waals surface area contributed by atoms with E-state index in [0.29, 0.717) is 5.56 Å². The van der Waals surface area contributed by atoms with Gasteiger partial charge < -0.3 is 5.32 Å². The first-order valence-corrected chi connectivity index (χ1v) is 6.71. The van der Waals surface area contributed by atoms with Crippen LogP contribution in [0, 0.1) is 18.6 Å². The highest BCUT2D eigenvalue weighted by Gasteiger charge is 2.21. The Bertz CT molecular complexity index is 593. The van der Waals surface area contributed by atoms with Crippen molar-refractivity contribution < 1.29 is 8.78 Å². The number of hydrogen-bond donors (Lipinski definition) is 1. The molecule has 0 aliphatic heterocycles. The van der Waals surface area contributed by atoms with Gasteiger partial charge in [0.15, 0.2) is 0 Å². The quantitative estimate of drug-likeness (QED) is 0.911. The van der Waals surface area contributed by atoms with Gasteiger partial charge in [-0.25, -0.2) is 8.78 Å². The van der Waals surface area contributed by atoms with Crippen molar-refractivity contribution in [2.45, 2.75) is 26.3 Å². The Balaban J connectivity index is 2.44. The van der Waals surface area contributed by atoms with Gasteiger partial charge in [0, 0.05) is 18.7 Å². The van der Waals surface area contributed by atoms with Crippen molar-refractivity contribution >= 4 is 0 Å². The minimum absolute atomic E-state index is 0.332. The van der Waals surface area contributed by atoms with Crippen molar-refractivity contribution in [3.8, 4) is 0 Å². The fourth-order valence-electron chi connectivity index (χ4n) is 2.30. The average molecular weight is 279 g/mol. The Morgan fingerprint density at radius 1 is 1.30 bits per heavy atom. The van der Waals surface area contributed by atoms with Gasteiger partial charge in [0.2, 0.25) is 0 Å².